The first-order valence-corrected chi connectivity index (χ1v) is 8.25. The summed E-state index contributed by atoms with van der Waals surface area (Å²) in [5, 5.41) is 2.80. The van der Waals surface area contributed by atoms with Gasteiger partial charge in [-0.25, -0.2) is 8.78 Å². The second-order valence-corrected chi connectivity index (χ2v) is 6.66. The number of hydrogen-bond donors (Lipinski definition) is 1. The van der Waals surface area contributed by atoms with Gasteiger partial charge in [-0.15, -0.1) is 0 Å². The van der Waals surface area contributed by atoms with E-state index in [0.29, 0.717) is 5.69 Å². The quantitative estimate of drug-likeness (QED) is 0.813. The van der Waals surface area contributed by atoms with Crippen molar-refractivity contribution < 1.29 is 13.6 Å². The number of aromatic nitrogens is 1. The molecule has 1 aliphatic rings. The number of anilines is 1. The summed E-state index contributed by atoms with van der Waals surface area (Å²) in [7, 11) is 0. The molecule has 3 nitrogen and oxygen atoms in total. The number of amides is 1. The highest BCUT2D eigenvalue weighted by molar-refractivity contribution is 6.07. The fourth-order valence-electron chi connectivity index (χ4n) is 3.38. The molecule has 0 aliphatic heterocycles. The summed E-state index contributed by atoms with van der Waals surface area (Å²) in [6, 6.07) is 8.57. The summed E-state index contributed by atoms with van der Waals surface area (Å²) in [5.74, 6) is -0.572. The molecule has 0 bridgehead atoms. The molecule has 0 unspecified atom stereocenters. The summed E-state index contributed by atoms with van der Waals surface area (Å²) in [6.07, 6.45) is 1.49. The number of alkyl halides is 2. The molecule has 1 aromatic heterocycles. The fraction of sp³-hybridized carbons (Fsp3) is 0.300. The van der Waals surface area contributed by atoms with E-state index >= 15 is 0 Å². The second kappa shape index (κ2) is 6.39. The van der Waals surface area contributed by atoms with Crippen molar-refractivity contribution in [3.8, 4) is 0 Å². The maximum Gasteiger partial charge on any atom is 0.281 e. The molecule has 0 atom stereocenters. The maximum absolute atomic E-state index is 13.1. The Morgan fingerprint density at radius 3 is 2.68 bits per heavy atom. The number of rotatable bonds is 4. The summed E-state index contributed by atoms with van der Waals surface area (Å²) >= 11 is 0. The van der Waals surface area contributed by atoms with Crippen LogP contribution in [0.3, 0.4) is 0 Å². The van der Waals surface area contributed by atoms with Crippen LogP contribution >= 0.6 is 0 Å². The van der Waals surface area contributed by atoms with E-state index in [1.165, 1.54) is 18.3 Å². The Kier molecular flexibility index (Phi) is 4.41. The number of benzene rings is 1. The molecule has 1 amide bonds. The van der Waals surface area contributed by atoms with Crippen LogP contribution in [-0.2, 0) is 5.41 Å². The molecule has 1 aliphatic carbocycles. The summed E-state index contributed by atoms with van der Waals surface area (Å²) in [4.78, 5) is 16.2. The largest absolute Gasteiger partial charge is 0.321 e. The van der Waals surface area contributed by atoms with Crippen LogP contribution in [0.15, 0.2) is 42.6 Å². The Hall–Kier alpha value is -2.56. The highest BCUT2D eigenvalue weighted by Crippen LogP contribution is 2.45. The zero-order valence-corrected chi connectivity index (χ0v) is 14.4. The average molecular weight is 342 g/mol. The number of nitrogens with one attached hydrogen (secondary N) is 1. The van der Waals surface area contributed by atoms with Crippen molar-refractivity contribution in [2.75, 3.05) is 5.32 Å². The molecule has 5 heteroatoms. The lowest BCUT2D eigenvalue weighted by Crippen LogP contribution is -2.17. The third-order valence-corrected chi connectivity index (χ3v) is 4.53. The molecule has 1 heterocycles. The van der Waals surface area contributed by atoms with E-state index in [1.807, 2.05) is 12.1 Å². The molecule has 130 valence electrons. The molecule has 2 aromatic rings. The van der Waals surface area contributed by atoms with E-state index in [4.69, 9.17) is 0 Å². The molecule has 0 saturated carbocycles. The Bertz CT molecular complexity index is 857. The molecule has 1 aromatic carbocycles. The average Bonchev–Trinajstić information content (AvgIpc) is 2.86. The molecule has 0 fully saturated rings. The lowest BCUT2D eigenvalue weighted by molar-refractivity contribution is 0.100. The minimum absolute atomic E-state index is 0.102. The number of carbonyl (C=O) groups excluding carboxylic acids is 1. The van der Waals surface area contributed by atoms with Crippen molar-refractivity contribution in [2.24, 2.45) is 0 Å². The molecule has 1 N–H and O–H groups in total. The molecule has 0 saturated heterocycles. The van der Waals surface area contributed by atoms with Crippen LogP contribution in [0.4, 0.5) is 14.5 Å². The number of allylic oxidation sites excluding steroid dienone is 2. The number of nitrogens with zero attached hydrogens (tertiary/aromatic N) is 1. The molecular formula is C20H20F2N2O. The third kappa shape index (κ3) is 3.06. The molecule has 0 spiro atoms. The molecule has 25 heavy (non-hydrogen) atoms. The number of fused-ring (bicyclic) bond motifs is 1. The lowest BCUT2D eigenvalue weighted by atomic mass is 9.87. The van der Waals surface area contributed by atoms with Crippen molar-refractivity contribution in [3.05, 3.63) is 65.0 Å². The van der Waals surface area contributed by atoms with Crippen LogP contribution in [0.5, 0.6) is 0 Å². The van der Waals surface area contributed by atoms with Gasteiger partial charge in [-0.1, -0.05) is 39.0 Å². The van der Waals surface area contributed by atoms with Crippen LogP contribution in [0.25, 0.3) is 5.57 Å². The van der Waals surface area contributed by atoms with Crippen molar-refractivity contribution in [1.82, 2.24) is 4.98 Å². The lowest BCUT2D eigenvalue weighted by Gasteiger charge is -2.19. The van der Waals surface area contributed by atoms with E-state index in [1.54, 1.807) is 6.07 Å². The van der Waals surface area contributed by atoms with Crippen LogP contribution in [0, 0.1) is 0 Å². The van der Waals surface area contributed by atoms with Gasteiger partial charge in [0.15, 0.2) is 0 Å². The van der Waals surface area contributed by atoms with Crippen LogP contribution in [0.1, 0.15) is 60.8 Å². The number of carbonyl (C=O) groups is 1. The van der Waals surface area contributed by atoms with Gasteiger partial charge in [0.2, 0.25) is 0 Å². The van der Waals surface area contributed by atoms with Crippen molar-refractivity contribution in [3.63, 3.8) is 0 Å². The smallest absolute Gasteiger partial charge is 0.281 e. The van der Waals surface area contributed by atoms with Gasteiger partial charge in [-0.2, -0.15) is 0 Å². The van der Waals surface area contributed by atoms with Gasteiger partial charge in [0.05, 0.1) is 5.56 Å². The first-order valence-electron chi connectivity index (χ1n) is 8.25. The standard InChI is InChI=1S/C20H20F2N2O/c1-4-12-11-20(2,3)14-8-5-9-15(16(12)14)24-19(25)13-7-6-10-23-17(13)18(21)22/h5-11,18H,4H2,1-3H3,(H,24,25). The van der Waals surface area contributed by atoms with E-state index < -0.39 is 18.0 Å². The van der Waals surface area contributed by atoms with E-state index in [-0.39, 0.29) is 11.0 Å². The topological polar surface area (TPSA) is 42.0 Å². The third-order valence-electron chi connectivity index (χ3n) is 4.53. The minimum atomic E-state index is -2.80. The van der Waals surface area contributed by atoms with Crippen molar-refractivity contribution >= 4 is 17.2 Å². The number of pyridine rings is 1. The highest BCUT2D eigenvalue weighted by atomic mass is 19.3. The second-order valence-electron chi connectivity index (χ2n) is 6.66. The Morgan fingerprint density at radius 1 is 1.24 bits per heavy atom. The predicted octanol–water partition coefficient (Wildman–Crippen LogP) is 5.36. The highest BCUT2D eigenvalue weighted by Gasteiger charge is 2.31. The predicted molar refractivity (Wildman–Crippen MR) is 94.9 cm³/mol. The van der Waals surface area contributed by atoms with Crippen molar-refractivity contribution in [1.29, 1.82) is 0 Å². The van der Waals surface area contributed by atoms with E-state index in [9.17, 15) is 13.6 Å². The minimum Gasteiger partial charge on any atom is -0.321 e. The summed E-state index contributed by atoms with van der Waals surface area (Å²) in [6.45, 7) is 6.30. The summed E-state index contributed by atoms with van der Waals surface area (Å²) < 4.78 is 26.2. The molecule has 3 rings (SSSR count). The van der Waals surface area contributed by atoms with Gasteiger partial charge in [-0.3, -0.25) is 9.78 Å². The first kappa shape index (κ1) is 17.3. The maximum atomic E-state index is 13.1. The van der Waals surface area contributed by atoms with Gasteiger partial charge in [0, 0.05) is 22.9 Å². The van der Waals surface area contributed by atoms with Crippen LogP contribution < -0.4 is 5.32 Å². The molecular weight excluding hydrogens is 322 g/mol. The van der Waals surface area contributed by atoms with Gasteiger partial charge in [-0.05, 0) is 35.8 Å². The van der Waals surface area contributed by atoms with Gasteiger partial charge in [0.25, 0.3) is 12.3 Å². The van der Waals surface area contributed by atoms with Gasteiger partial charge in [0.1, 0.15) is 5.69 Å². The number of halogens is 2. The zero-order valence-electron chi connectivity index (χ0n) is 14.4. The number of hydrogen-bond acceptors (Lipinski definition) is 2. The SMILES string of the molecule is CCC1=CC(C)(C)c2cccc(NC(=O)c3cccnc3C(F)F)c21. The Labute approximate surface area is 145 Å². The molecule has 0 radical (unpaired) electrons. The van der Waals surface area contributed by atoms with Crippen LogP contribution in [0.2, 0.25) is 0 Å². The normalized spacial score (nSPS) is 15.0. The monoisotopic (exact) mass is 342 g/mol. The van der Waals surface area contributed by atoms with E-state index in [2.05, 4.69) is 37.1 Å². The fourth-order valence-corrected chi connectivity index (χ4v) is 3.38. The van der Waals surface area contributed by atoms with Gasteiger partial charge < -0.3 is 5.32 Å². The van der Waals surface area contributed by atoms with Crippen molar-refractivity contribution in [2.45, 2.75) is 39.0 Å². The first-order chi connectivity index (χ1) is 11.8. The van der Waals surface area contributed by atoms with Gasteiger partial charge >= 0.3 is 0 Å². The van der Waals surface area contributed by atoms with E-state index in [0.717, 1.165) is 23.1 Å². The summed E-state index contributed by atoms with van der Waals surface area (Å²) in [5.41, 5.74) is 3.19. The Balaban J connectivity index is 2.00. The Morgan fingerprint density at radius 2 is 2.00 bits per heavy atom. The van der Waals surface area contributed by atoms with Crippen LogP contribution in [-0.4, -0.2) is 10.9 Å². The zero-order chi connectivity index (χ0) is 18.2.